The molecular formula is C22H17IN2O. The third kappa shape index (κ3) is 3.37. The van der Waals surface area contributed by atoms with E-state index in [0.717, 1.165) is 39.7 Å². The molecule has 128 valence electrons. The number of aromatic amines is 1. The number of benzene rings is 3. The van der Waals surface area contributed by atoms with Crippen molar-refractivity contribution in [1.82, 2.24) is 9.97 Å². The fraction of sp³-hybridized carbons (Fsp3) is 0.0455. The Morgan fingerprint density at radius 3 is 2.23 bits per heavy atom. The Morgan fingerprint density at radius 2 is 1.54 bits per heavy atom. The van der Waals surface area contributed by atoms with E-state index in [2.05, 4.69) is 76.1 Å². The molecule has 0 unspecified atom stereocenters. The minimum atomic E-state index is 0.840. The molecule has 0 saturated heterocycles. The van der Waals surface area contributed by atoms with Crippen LogP contribution in [0.3, 0.4) is 0 Å². The van der Waals surface area contributed by atoms with Crippen molar-refractivity contribution in [1.29, 1.82) is 0 Å². The van der Waals surface area contributed by atoms with E-state index < -0.39 is 0 Å². The van der Waals surface area contributed by atoms with Crippen molar-refractivity contribution < 1.29 is 4.74 Å². The van der Waals surface area contributed by atoms with Crippen LogP contribution in [0, 0.1) is 3.57 Å². The Hall–Kier alpha value is -2.60. The van der Waals surface area contributed by atoms with Gasteiger partial charge >= 0.3 is 0 Å². The number of halogens is 1. The highest BCUT2D eigenvalue weighted by Crippen LogP contribution is 2.33. The number of nitrogens with zero attached hydrogens (tertiary/aromatic N) is 1. The zero-order chi connectivity index (χ0) is 17.9. The molecule has 0 saturated carbocycles. The molecule has 0 amide bonds. The molecule has 0 fully saturated rings. The first-order valence-corrected chi connectivity index (χ1v) is 9.38. The second-order valence-corrected chi connectivity index (χ2v) is 7.16. The normalized spacial score (nSPS) is 10.7. The minimum absolute atomic E-state index is 0.840. The summed E-state index contributed by atoms with van der Waals surface area (Å²) in [6, 6.07) is 26.6. The summed E-state index contributed by atoms with van der Waals surface area (Å²) < 4.78 is 6.47. The van der Waals surface area contributed by atoms with Gasteiger partial charge in [-0.05, 0) is 59.0 Å². The Bertz CT molecular complexity index is 1020. The zero-order valence-electron chi connectivity index (χ0n) is 14.2. The van der Waals surface area contributed by atoms with Crippen LogP contribution in [-0.4, -0.2) is 17.1 Å². The van der Waals surface area contributed by atoms with Gasteiger partial charge in [0.2, 0.25) is 0 Å². The lowest BCUT2D eigenvalue weighted by atomic mass is 10.1. The molecule has 0 radical (unpaired) electrons. The first-order valence-electron chi connectivity index (χ1n) is 8.30. The Morgan fingerprint density at radius 1 is 0.808 bits per heavy atom. The molecule has 0 aliphatic rings. The molecule has 26 heavy (non-hydrogen) atoms. The quantitative estimate of drug-likeness (QED) is 0.385. The second kappa shape index (κ2) is 7.33. The van der Waals surface area contributed by atoms with Crippen molar-refractivity contribution in [3.05, 3.63) is 82.4 Å². The largest absolute Gasteiger partial charge is 0.497 e. The Labute approximate surface area is 166 Å². The van der Waals surface area contributed by atoms with Crippen LogP contribution in [0.4, 0.5) is 0 Å². The van der Waals surface area contributed by atoms with Crippen molar-refractivity contribution >= 4 is 22.6 Å². The number of rotatable bonds is 4. The third-order valence-corrected chi connectivity index (χ3v) is 4.90. The van der Waals surface area contributed by atoms with Crippen molar-refractivity contribution in [2.24, 2.45) is 0 Å². The van der Waals surface area contributed by atoms with Gasteiger partial charge in [-0.3, -0.25) is 0 Å². The highest BCUT2D eigenvalue weighted by atomic mass is 127. The summed E-state index contributed by atoms with van der Waals surface area (Å²) in [5, 5.41) is 0. The van der Waals surface area contributed by atoms with Crippen LogP contribution in [0.25, 0.3) is 33.9 Å². The summed E-state index contributed by atoms with van der Waals surface area (Å²) in [7, 11) is 1.68. The van der Waals surface area contributed by atoms with Crippen LogP contribution in [0.1, 0.15) is 0 Å². The van der Waals surface area contributed by atoms with Crippen molar-refractivity contribution in [3.63, 3.8) is 0 Å². The van der Waals surface area contributed by atoms with Crippen LogP contribution in [-0.2, 0) is 0 Å². The standard InChI is InChI=1S/C22H17IN2O/c1-26-19-12-10-16(11-13-19)21-20(15-6-3-2-4-7-15)24-22(25-21)17-8-5-9-18(23)14-17/h2-14H,1H3,(H,24,25). The predicted molar refractivity (Wildman–Crippen MR) is 114 cm³/mol. The lowest BCUT2D eigenvalue weighted by molar-refractivity contribution is 0.415. The molecule has 1 heterocycles. The number of hydrogen-bond acceptors (Lipinski definition) is 2. The highest BCUT2D eigenvalue weighted by molar-refractivity contribution is 14.1. The van der Waals surface area contributed by atoms with E-state index in [9.17, 15) is 0 Å². The first-order chi connectivity index (χ1) is 12.7. The summed E-state index contributed by atoms with van der Waals surface area (Å²) >= 11 is 2.32. The maximum absolute atomic E-state index is 5.28. The maximum Gasteiger partial charge on any atom is 0.138 e. The second-order valence-electron chi connectivity index (χ2n) is 5.91. The van der Waals surface area contributed by atoms with Gasteiger partial charge in [0.25, 0.3) is 0 Å². The average molecular weight is 452 g/mol. The van der Waals surface area contributed by atoms with Gasteiger partial charge in [-0.15, -0.1) is 0 Å². The van der Waals surface area contributed by atoms with Gasteiger partial charge in [0, 0.05) is 20.3 Å². The number of imidazole rings is 1. The first kappa shape index (κ1) is 16.8. The fourth-order valence-corrected chi connectivity index (χ4v) is 3.46. The van der Waals surface area contributed by atoms with Gasteiger partial charge in [0.15, 0.2) is 0 Å². The van der Waals surface area contributed by atoms with Crippen LogP contribution in [0.2, 0.25) is 0 Å². The molecule has 1 N–H and O–H groups in total. The Kier molecular flexibility index (Phi) is 4.75. The van der Waals surface area contributed by atoms with Gasteiger partial charge in [-0.25, -0.2) is 4.98 Å². The summed E-state index contributed by atoms with van der Waals surface area (Å²) in [6.45, 7) is 0. The van der Waals surface area contributed by atoms with E-state index in [1.165, 1.54) is 3.57 Å². The molecule has 0 aliphatic heterocycles. The zero-order valence-corrected chi connectivity index (χ0v) is 16.4. The molecule has 0 spiro atoms. The van der Waals surface area contributed by atoms with Gasteiger partial charge < -0.3 is 9.72 Å². The molecule has 1 aromatic heterocycles. The van der Waals surface area contributed by atoms with Crippen LogP contribution in [0.5, 0.6) is 5.75 Å². The molecule has 4 aromatic rings. The van der Waals surface area contributed by atoms with Crippen molar-refractivity contribution in [2.75, 3.05) is 7.11 Å². The number of H-pyrrole nitrogens is 1. The van der Waals surface area contributed by atoms with Gasteiger partial charge in [0.1, 0.15) is 11.6 Å². The molecular weight excluding hydrogens is 435 g/mol. The van der Waals surface area contributed by atoms with E-state index in [-0.39, 0.29) is 0 Å². The highest BCUT2D eigenvalue weighted by Gasteiger charge is 2.15. The lowest BCUT2D eigenvalue weighted by Crippen LogP contribution is -1.85. The van der Waals surface area contributed by atoms with E-state index in [4.69, 9.17) is 9.72 Å². The summed E-state index contributed by atoms with van der Waals surface area (Å²) in [5.74, 6) is 1.71. The number of ether oxygens (including phenoxy) is 1. The maximum atomic E-state index is 5.28. The summed E-state index contributed by atoms with van der Waals surface area (Å²) in [4.78, 5) is 8.44. The lowest BCUT2D eigenvalue weighted by Gasteiger charge is -2.04. The molecule has 0 bridgehead atoms. The number of methoxy groups -OCH3 is 1. The summed E-state index contributed by atoms with van der Waals surface area (Å²) in [6.07, 6.45) is 0. The number of hydrogen-bond donors (Lipinski definition) is 1. The monoisotopic (exact) mass is 452 g/mol. The molecule has 4 rings (SSSR count). The summed E-state index contributed by atoms with van der Waals surface area (Å²) in [5.41, 5.74) is 5.20. The predicted octanol–water partition coefficient (Wildman–Crippen LogP) is 6.02. The average Bonchev–Trinajstić information content (AvgIpc) is 3.14. The SMILES string of the molecule is COc1ccc(-c2[nH]c(-c3cccc(I)c3)nc2-c2ccccc2)cc1. The van der Waals surface area contributed by atoms with E-state index in [0.29, 0.717) is 0 Å². The smallest absolute Gasteiger partial charge is 0.138 e. The van der Waals surface area contributed by atoms with E-state index >= 15 is 0 Å². The van der Waals surface area contributed by atoms with Crippen LogP contribution in [0.15, 0.2) is 78.9 Å². The van der Waals surface area contributed by atoms with Crippen LogP contribution >= 0.6 is 22.6 Å². The van der Waals surface area contributed by atoms with Gasteiger partial charge in [0.05, 0.1) is 18.5 Å². The molecule has 3 nitrogen and oxygen atoms in total. The topological polar surface area (TPSA) is 37.9 Å². The Balaban J connectivity index is 1.88. The van der Waals surface area contributed by atoms with Gasteiger partial charge in [-0.2, -0.15) is 0 Å². The van der Waals surface area contributed by atoms with E-state index in [1.54, 1.807) is 7.11 Å². The van der Waals surface area contributed by atoms with Gasteiger partial charge in [-0.1, -0.05) is 42.5 Å². The third-order valence-electron chi connectivity index (χ3n) is 4.23. The number of aromatic nitrogens is 2. The molecule has 0 atom stereocenters. The fourth-order valence-electron chi connectivity index (χ4n) is 2.92. The number of nitrogens with one attached hydrogen (secondary N) is 1. The van der Waals surface area contributed by atoms with Crippen molar-refractivity contribution in [2.45, 2.75) is 0 Å². The molecule has 3 aromatic carbocycles. The van der Waals surface area contributed by atoms with E-state index in [1.807, 2.05) is 30.3 Å². The molecule has 0 aliphatic carbocycles. The van der Waals surface area contributed by atoms with Crippen molar-refractivity contribution in [3.8, 4) is 39.7 Å². The van der Waals surface area contributed by atoms with Crippen LogP contribution < -0.4 is 4.74 Å². The molecule has 4 heteroatoms. The minimum Gasteiger partial charge on any atom is -0.497 e.